The van der Waals surface area contributed by atoms with E-state index in [4.69, 9.17) is 4.98 Å². The number of benzene rings is 2. The normalized spacial score (nSPS) is 15.2. The Morgan fingerprint density at radius 2 is 1.70 bits per heavy atom. The van der Waals surface area contributed by atoms with Gasteiger partial charge in [-0.15, -0.1) is 0 Å². The van der Waals surface area contributed by atoms with Crippen LogP contribution in [0, 0.1) is 5.82 Å². The van der Waals surface area contributed by atoms with Crippen LogP contribution >= 0.6 is 0 Å². The van der Waals surface area contributed by atoms with Crippen molar-refractivity contribution in [2.24, 2.45) is 0 Å². The summed E-state index contributed by atoms with van der Waals surface area (Å²) < 4.78 is 13.2. The molecule has 3 heteroatoms. The molecule has 0 saturated heterocycles. The van der Waals surface area contributed by atoms with Gasteiger partial charge < -0.3 is 5.32 Å². The largest absolute Gasteiger partial charge is 0.381 e. The second kappa shape index (κ2) is 5.99. The highest BCUT2D eigenvalue weighted by atomic mass is 19.1. The second-order valence-electron chi connectivity index (χ2n) is 6.21. The lowest BCUT2D eigenvalue weighted by Gasteiger charge is -2.17. The zero-order valence-corrected chi connectivity index (χ0v) is 12.9. The molecule has 0 aliphatic heterocycles. The lowest BCUT2D eigenvalue weighted by Crippen LogP contribution is -2.15. The van der Waals surface area contributed by atoms with E-state index in [0.29, 0.717) is 6.04 Å². The molecule has 1 fully saturated rings. The SMILES string of the molecule is Fc1ccc(-c2nc3ccccc3cc2NC2CCCC2)cc1. The molecule has 2 aromatic carbocycles. The first-order valence-electron chi connectivity index (χ1n) is 8.22. The molecule has 0 radical (unpaired) electrons. The fourth-order valence-corrected chi connectivity index (χ4v) is 3.34. The van der Waals surface area contributed by atoms with Gasteiger partial charge in [-0.05, 0) is 49.2 Å². The number of pyridine rings is 1. The van der Waals surface area contributed by atoms with Gasteiger partial charge in [-0.3, -0.25) is 0 Å². The third-order valence-electron chi connectivity index (χ3n) is 4.56. The Labute approximate surface area is 135 Å². The van der Waals surface area contributed by atoms with Gasteiger partial charge >= 0.3 is 0 Å². The van der Waals surface area contributed by atoms with Crippen LogP contribution in [-0.2, 0) is 0 Å². The first-order valence-corrected chi connectivity index (χ1v) is 8.22. The Morgan fingerprint density at radius 3 is 2.48 bits per heavy atom. The number of anilines is 1. The molecular weight excluding hydrogens is 287 g/mol. The smallest absolute Gasteiger partial charge is 0.123 e. The molecule has 3 aromatic rings. The molecule has 0 unspecified atom stereocenters. The summed E-state index contributed by atoms with van der Waals surface area (Å²) in [5.41, 5.74) is 3.85. The summed E-state index contributed by atoms with van der Waals surface area (Å²) in [5.74, 6) is -0.222. The van der Waals surface area contributed by atoms with Crippen molar-refractivity contribution in [3.8, 4) is 11.3 Å². The number of nitrogens with zero attached hydrogens (tertiary/aromatic N) is 1. The van der Waals surface area contributed by atoms with Gasteiger partial charge in [0.1, 0.15) is 5.82 Å². The highest BCUT2D eigenvalue weighted by Crippen LogP contribution is 2.32. The first-order chi connectivity index (χ1) is 11.3. The van der Waals surface area contributed by atoms with Crippen molar-refractivity contribution in [1.29, 1.82) is 0 Å². The topological polar surface area (TPSA) is 24.9 Å². The molecule has 1 heterocycles. The molecule has 1 saturated carbocycles. The first kappa shape index (κ1) is 14.2. The Bertz CT molecular complexity index is 821. The molecule has 116 valence electrons. The lowest BCUT2D eigenvalue weighted by molar-refractivity contribution is 0.628. The molecule has 1 aromatic heterocycles. The van der Waals surface area contributed by atoms with E-state index in [2.05, 4.69) is 17.4 Å². The Balaban J connectivity index is 1.82. The Hall–Kier alpha value is -2.42. The van der Waals surface area contributed by atoms with Crippen LogP contribution in [0.2, 0.25) is 0 Å². The molecule has 1 aliphatic rings. The van der Waals surface area contributed by atoms with E-state index < -0.39 is 0 Å². The zero-order valence-electron chi connectivity index (χ0n) is 12.9. The van der Waals surface area contributed by atoms with Gasteiger partial charge in [-0.25, -0.2) is 9.37 Å². The lowest BCUT2D eigenvalue weighted by atomic mass is 10.1. The van der Waals surface area contributed by atoms with Gasteiger partial charge in [-0.1, -0.05) is 31.0 Å². The number of aromatic nitrogens is 1. The van der Waals surface area contributed by atoms with Crippen LogP contribution in [0.1, 0.15) is 25.7 Å². The van der Waals surface area contributed by atoms with Gasteiger partial charge in [0.05, 0.1) is 16.9 Å². The van der Waals surface area contributed by atoms with Crippen LogP contribution in [0.3, 0.4) is 0 Å². The number of hydrogen-bond acceptors (Lipinski definition) is 2. The van der Waals surface area contributed by atoms with Crippen molar-refractivity contribution in [3.05, 3.63) is 60.4 Å². The van der Waals surface area contributed by atoms with E-state index >= 15 is 0 Å². The fraction of sp³-hybridized carbons (Fsp3) is 0.250. The standard InChI is InChI=1S/C20H19FN2/c21-16-11-9-14(10-12-16)20-19(22-17-6-2-3-7-17)13-15-5-1-4-8-18(15)23-20/h1,4-5,8-13,17,22H,2-3,6-7H2. The minimum absolute atomic E-state index is 0.222. The quantitative estimate of drug-likeness (QED) is 0.701. The molecule has 0 atom stereocenters. The van der Waals surface area contributed by atoms with Crippen LogP contribution in [-0.4, -0.2) is 11.0 Å². The van der Waals surface area contributed by atoms with Crippen LogP contribution in [0.25, 0.3) is 22.2 Å². The fourth-order valence-electron chi connectivity index (χ4n) is 3.34. The number of nitrogens with one attached hydrogen (secondary N) is 1. The van der Waals surface area contributed by atoms with Gasteiger partial charge in [0.25, 0.3) is 0 Å². The molecule has 0 spiro atoms. The number of halogens is 1. The summed E-state index contributed by atoms with van der Waals surface area (Å²) in [5, 5.41) is 4.78. The molecule has 0 amide bonds. The number of para-hydroxylation sites is 1. The van der Waals surface area contributed by atoms with Crippen LogP contribution < -0.4 is 5.32 Å². The van der Waals surface area contributed by atoms with Crippen molar-refractivity contribution in [3.63, 3.8) is 0 Å². The molecule has 0 bridgehead atoms. The van der Waals surface area contributed by atoms with Crippen molar-refractivity contribution in [2.75, 3.05) is 5.32 Å². The van der Waals surface area contributed by atoms with Crippen molar-refractivity contribution in [1.82, 2.24) is 4.98 Å². The minimum atomic E-state index is -0.222. The maximum absolute atomic E-state index is 13.2. The van der Waals surface area contributed by atoms with Gasteiger partial charge in [0.15, 0.2) is 0 Å². The van der Waals surface area contributed by atoms with E-state index in [9.17, 15) is 4.39 Å². The molecule has 4 rings (SSSR count). The van der Waals surface area contributed by atoms with Gasteiger partial charge in [0.2, 0.25) is 0 Å². The second-order valence-corrected chi connectivity index (χ2v) is 6.21. The summed E-state index contributed by atoms with van der Waals surface area (Å²) >= 11 is 0. The van der Waals surface area contributed by atoms with E-state index in [0.717, 1.165) is 27.8 Å². The van der Waals surface area contributed by atoms with Crippen LogP contribution in [0.5, 0.6) is 0 Å². The average Bonchev–Trinajstić information content (AvgIpc) is 3.08. The highest BCUT2D eigenvalue weighted by Gasteiger charge is 2.17. The summed E-state index contributed by atoms with van der Waals surface area (Å²) in [6.45, 7) is 0. The van der Waals surface area contributed by atoms with Crippen LogP contribution in [0.15, 0.2) is 54.6 Å². The van der Waals surface area contributed by atoms with Crippen molar-refractivity contribution < 1.29 is 4.39 Å². The molecular formula is C20H19FN2. The van der Waals surface area contributed by atoms with E-state index in [1.807, 2.05) is 18.2 Å². The molecule has 1 aliphatic carbocycles. The Kier molecular flexibility index (Phi) is 3.70. The van der Waals surface area contributed by atoms with Crippen molar-refractivity contribution in [2.45, 2.75) is 31.7 Å². The van der Waals surface area contributed by atoms with Gasteiger partial charge in [-0.2, -0.15) is 0 Å². The predicted octanol–water partition coefficient (Wildman–Crippen LogP) is 5.40. The maximum Gasteiger partial charge on any atom is 0.123 e. The summed E-state index contributed by atoms with van der Waals surface area (Å²) in [4.78, 5) is 4.83. The van der Waals surface area contributed by atoms with Crippen molar-refractivity contribution >= 4 is 16.6 Å². The monoisotopic (exact) mass is 306 g/mol. The van der Waals surface area contributed by atoms with Crippen LogP contribution in [0.4, 0.5) is 10.1 Å². The number of hydrogen-bond donors (Lipinski definition) is 1. The minimum Gasteiger partial charge on any atom is -0.381 e. The molecule has 2 nitrogen and oxygen atoms in total. The molecule has 1 N–H and O–H groups in total. The number of fused-ring (bicyclic) bond motifs is 1. The summed E-state index contributed by atoms with van der Waals surface area (Å²) in [7, 11) is 0. The number of rotatable bonds is 3. The summed E-state index contributed by atoms with van der Waals surface area (Å²) in [6, 6.07) is 17.4. The highest BCUT2D eigenvalue weighted by molar-refractivity contribution is 5.89. The Morgan fingerprint density at radius 1 is 0.957 bits per heavy atom. The average molecular weight is 306 g/mol. The van der Waals surface area contributed by atoms with E-state index in [1.165, 1.54) is 37.8 Å². The van der Waals surface area contributed by atoms with E-state index in [1.54, 1.807) is 12.1 Å². The maximum atomic E-state index is 13.2. The third kappa shape index (κ3) is 2.91. The predicted molar refractivity (Wildman–Crippen MR) is 93.0 cm³/mol. The molecule has 23 heavy (non-hydrogen) atoms. The third-order valence-corrected chi connectivity index (χ3v) is 4.56. The van der Waals surface area contributed by atoms with Gasteiger partial charge in [0, 0.05) is 17.0 Å². The van der Waals surface area contributed by atoms with E-state index in [-0.39, 0.29) is 5.82 Å². The zero-order chi connectivity index (χ0) is 15.6. The summed E-state index contributed by atoms with van der Waals surface area (Å²) in [6.07, 6.45) is 4.97.